The van der Waals surface area contributed by atoms with Crippen molar-refractivity contribution in [2.45, 2.75) is 45.3 Å². The van der Waals surface area contributed by atoms with Gasteiger partial charge in [0, 0.05) is 6.54 Å². The molecule has 0 bridgehead atoms. The summed E-state index contributed by atoms with van der Waals surface area (Å²) in [6, 6.07) is -0.212. The van der Waals surface area contributed by atoms with Gasteiger partial charge in [0.15, 0.2) is 5.69 Å². The first-order chi connectivity index (χ1) is 10.2. The molecule has 1 fully saturated rings. The van der Waals surface area contributed by atoms with E-state index < -0.39 is 11.6 Å². The lowest BCUT2D eigenvalue weighted by Gasteiger charge is -2.27. The van der Waals surface area contributed by atoms with E-state index >= 15 is 0 Å². The lowest BCUT2D eigenvalue weighted by atomic mass is 10.2. The van der Waals surface area contributed by atoms with E-state index in [0.29, 0.717) is 11.6 Å². The average molecular weight is 347 g/mol. The minimum absolute atomic E-state index is 0.0974. The van der Waals surface area contributed by atoms with Gasteiger partial charge in [-0.1, -0.05) is 11.6 Å². The first-order valence-electron chi connectivity index (χ1n) is 6.97. The molecule has 2 heterocycles. The third-order valence-electron chi connectivity index (χ3n) is 3.15. The minimum atomic E-state index is -0.575. The lowest BCUT2D eigenvalue weighted by molar-refractivity contribution is 0.0224. The Kier molecular flexibility index (Phi) is 4.97. The van der Waals surface area contributed by atoms with E-state index in [2.05, 4.69) is 9.72 Å². The summed E-state index contributed by atoms with van der Waals surface area (Å²) in [5, 5.41) is 0.633. The molecule has 1 aliphatic rings. The van der Waals surface area contributed by atoms with Crippen LogP contribution in [0.4, 0.5) is 4.79 Å². The predicted octanol–water partition coefficient (Wildman–Crippen LogP) is 3.66. The van der Waals surface area contributed by atoms with Crippen LogP contribution in [0.1, 0.15) is 55.2 Å². The second-order valence-electron chi connectivity index (χ2n) is 6.00. The van der Waals surface area contributed by atoms with Crippen LogP contribution in [-0.4, -0.2) is 41.2 Å². The maximum atomic E-state index is 12.3. The summed E-state index contributed by atoms with van der Waals surface area (Å²) >= 11 is 7.25. The normalized spacial score (nSPS) is 18.4. The van der Waals surface area contributed by atoms with Crippen LogP contribution in [0.3, 0.4) is 0 Å². The van der Waals surface area contributed by atoms with Gasteiger partial charge in [0.25, 0.3) is 0 Å². The summed E-state index contributed by atoms with van der Waals surface area (Å²) in [5.74, 6) is -0.575. The Labute approximate surface area is 138 Å². The highest BCUT2D eigenvalue weighted by atomic mass is 35.5. The monoisotopic (exact) mass is 346 g/mol. The second kappa shape index (κ2) is 6.42. The molecule has 22 heavy (non-hydrogen) atoms. The van der Waals surface area contributed by atoms with E-state index in [4.69, 9.17) is 16.3 Å². The molecule has 0 N–H and O–H groups in total. The van der Waals surface area contributed by atoms with E-state index in [9.17, 15) is 9.59 Å². The van der Waals surface area contributed by atoms with Crippen molar-refractivity contribution in [1.82, 2.24) is 9.88 Å². The maximum Gasteiger partial charge on any atom is 0.410 e. The molecule has 1 saturated heterocycles. The molecule has 0 radical (unpaired) electrons. The van der Waals surface area contributed by atoms with Crippen LogP contribution in [0.5, 0.6) is 0 Å². The second-order valence-corrected chi connectivity index (χ2v) is 7.63. The van der Waals surface area contributed by atoms with E-state index in [-0.39, 0.29) is 22.2 Å². The molecule has 2 rings (SSSR count). The summed E-state index contributed by atoms with van der Waals surface area (Å²) in [4.78, 5) is 29.8. The zero-order chi connectivity index (χ0) is 16.5. The Bertz CT molecular complexity index is 582. The van der Waals surface area contributed by atoms with Gasteiger partial charge in [-0.15, -0.1) is 11.3 Å². The molecule has 1 aromatic heterocycles. The van der Waals surface area contributed by atoms with Gasteiger partial charge in [0.05, 0.1) is 13.2 Å². The molecular weight excluding hydrogens is 328 g/mol. The third-order valence-corrected chi connectivity index (χ3v) is 4.50. The Balaban J connectivity index is 2.21. The number of halogens is 1. The highest BCUT2D eigenvalue weighted by Gasteiger charge is 2.36. The molecule has 0 unspecified atom stereocenters. The van der Waals surface area contributed by atoms with Crippen LogP contribution < -0.4 is 0 Å². The van der Waals surface area contributed by atoms with Gasteiger partial charge in [0.1, 0.15) is 14.9 Å². The fourth-order valence-electron chi connectivity index (χ4n) is 2.24. The summed E-state index contributed by atoms with van der Waals surface area (Å²) in [6.45, 7) is 6.08. The molecule has 6 nitrogen and oxygen atoms in total. The maximum absolute atomic E-state index is 12.3. The number of carbonyl (C=O) groups is 2. The number of aromatic nitrogens is 1. The standard InChI is InChI=1S/C14H19ClN2O4S/c1-14(2,3)21-13(19)17-7-5-6-8(17)11-16-9(10(15)22-11)12(18)20-4/h8H,5-7H2,1-4H3/t8-/m0/s1. The van der Waals surface area contributed by atoms with Crippen LogP contribution >= 0.6 is 22.9 Å². The summed E-state index contributed by atoms with van der Waals surface area (Å²) < 4.78 is 10.3. The fourth-order valence-corrected chi connectivity index (χ4v) is 3.53. The van der Waals surface area contributed by atoms with Crippen molar-refractivity contribution in [2.24, 2.45) is 0 Å². The minimum Gasteiger partial charge on any atom is -0.464 e. The van der Waals surface area contributed by atoms with Crippen molar-refractivity contribution < 1.29 is 19.1 Å². The third kappa shape index (κ3) is 3.70. The van der Waals surface area contributed by atoms with Crippen LogP contribution in [0.15, 0.2) is 0 Å². The van der Waals surface area contributed by atoms with Gasteiger partial charge in [-0.2, -0.15) is 0 Å². The quantitative estimate of drug-likeness (QED) is 0.764. The van der Waals surface area contributed by atoms with Gasteiger partial charge >= 0.3 is 12.1 Å². The van der Waals surface area contributed by atoms with Crippen molar-refractivity contribution in [1.29, 1.82) is 0 Å². The van der Waals surface area contributed by atoms with Crippen molar-refractivity contribution in [2.75, 3.05) is 13.7 Å². The number of nitrogens with zero attached hydrogens (tertiary/aromatic N) is 2. The number of methoxy groups -OCH3 is 1. The molecular formula is C14H19ClN2O4S. The summed E-state index contributed by atoms with van der Waals surface area (Å²) in [5.41, 5.74) is -0.456. The molecule has 8 heteroatoms. The van der Waals surface area contributed by atoms with Crippen molar-refractivity contribution in [3.63, 3.8) is 0 Å². The van der Waals surface area contributed by atoms with Crippen molar-refractivity contribution in [3.8, 4) is 0 Å². The first-order valence-corrected chi connectivity index (χ1v) is 8.16. The Morgan fingerprint density at radius 2 is 2.09 bits per heavy atom. The molecule has 0 aromatic carbocycles. The van der Waals surface area contributed by atoms with Gasteiger partial charge in [-0.3, -0.25) is 4.90 Å². The van der Waals surface area contributed by atoms with E-state index in [1.807, 2.05) is 20.8 Å². The zero-order valence-corrected chi connectivity index (χ0v) is 14.6. The van der Waals surface area contributed by atoms with Crippen LogP contribution in [0, 0.1) is 0 Å². The highest BCUT2D eigenvalue weighted by molar-refractivity contribution is 7.16. The van der Waals surface area contributed by atoms with Crippen molar-refractivity contribution in [3.05, 3.63) is 15.0 Å². The van der Waals surface area contributed by atoms with E-state index in [1.54, 1.807) is 4.90 Å². The highest BCUT2D eigenvalue weighted by Crippen LogP contribution is 2.38. The SMILES string of the molecule is COC(=O)c1nc([C@@H]2CCCN2C(=O)OC(C)(C)C)sc1Cl. The van der Waals surface area contributed by atoms with Gasteiger partial charge in [-0.25, -0.2) is 14.6 Å². The molecule has 122 valence electrons. The molecule has 1 atom stereocenters. The number of hydrogen-bond donors (Lipinski definition) is 0. The number of likely N-dealkylation sites (tertiary alicyclic amines) is 1. The average Bonchev–Trinajstić information content (AvgIpc) is 3.01. The van der Waals surface area contributed by atoms with Gasteiger partial charge in [0.2, 0.25) is 0 Å². The topological polar surface area (TPSA) is 68.7 Å². The van der Waals surface area contributed by atoms with Crippen LogP contribution in [0.25, 0.3) is 0 Å². The predicted molar refractivity (Wildman–Crippen MR) is 83.4 cm³/mol. The van der Waals surface area contributed by atoms with E-state index in [0.717, 1.165) is 12.8 Å². The molecule has 0 saturated carbocycles. The number of amides is 1. The first kappa shape index (κ1) is 17.0. The number of carbonyl (C=O) groups excluding carboxylic acids is 2. The van der Waals surface area contributed by atoms with Crippen molar-refractivity contribution >= 4 is 35.0 Å². The van der Waals surface area contributed by atoms with Gasteiger partial charge < -0.3 is 9.47 Å². The Hall–Kier alpha value is -1.34. The van der Waals surface area contributed by atoms with Crippen LogP contribution in [0.2, 0.25) is 4.34 Å². The Morgan fingerprint density at radius 1 is 1.41 bits per heavy atom. The largest absolute Gasteiger partial charge is 0.464 e. The number of hydrogen-bond acceptors (Lipinski definition) is 6. The van der Waals surface area contributed by atoms with Gasteiger partial charge in [-0.05, 0) is 33.6 Å². The number of ether oxygens (including phenoxy) is 2. The molecule has 0 aliphatic carbocycles. The molecule has 0 spiro atoms. The molecule has 1 amide bonds. The fraction of sp³-hybridized carbons (Fsp3) is 0.643. The number of thiazole rings is 1. The van der Waals surface area contributed by atoms with Crippen LogP contribution in [-0.2, 0) is 9.47 Å². The molecule has 1 aliphatic heterocycles. The number of rotatable bonds is 2. The smallest absolute Gasteiger partial charge is 0.410 e. The number of esters is 1. The summed E-state index contributed by atoms with van der Waals surface area (Å²) in [6.07, 6.45) is 1.25. The lowest BCUT2D eigenvalue weighted by Crippen LogP contribution is -2.36. The zero-order valence-electron chi connectivity index (χ0n) is 13.0. The van der Waals surface area contributed by atoms with E-state index in [1.165, 1.54) is 18.4 Å². The summed E-state index contributed by atoms with van der Waals surface area (Å²) in [7, 11) is 1.28. The Morgan fingerprint density at radius 3 is 2.68 bits per heavy atom. The molecule has 1 aromatic rings.